The Kier molecular flexibility index (Phi) is 4.77. The van der Waals surface area contributed by atoms with Crippen LogP contribution in [0.15, 0.2) is 30.5 Å². The number of aromatic nitrogens is 3. The van der Waals surface area contributed by atoms with Crippen molar-refractivity contribution in [2.45, 2.75) is 25.9 Å². The fraction of sp³-hybridized carbons (Fsp3) is 0.375. The Hall–Kier alpha value is -2.54. The van der Waals surface area contributed by atoms with E-state index in [0.29, 0.717) is 23.9 Å². The van der Waals surface area contributed by atoms with Crippen LogP contribution in [0.3, 0.4) is 0 Å². The lowest BCUT2D eigenvalue weighted by atomic mass is 10.1. The number of Topliss-reactive ketones (excluding diaryl/α,β-unsaturated/α-hetero) is 1. The van der Waals surface area contributed by atoms with Gasteiger partial charge in [-0.15, -0.1) is 5.10 Å². The van der Waals surface area contributed by atoms with E-state index in [1.807, 2.05) is 12.1 Å². The molecule has 0 spiro atoms. The summed E-state index contributed by atoms with van der Waals surface area (Å²) in [6, 6.07) is 7.21. The molecule has 1 unspecified atom stereocenters. The zero-order valence-corrected chi connectivity index (χ0v) is 13.0. The van der Waals surface area contributed by atoms with E-state index in [4.69, 9.17) is 4.74 Å². The summed E-state index contributed by atoms with van der Waals surface area (Å²) < 4.78 is 5.55. The molecule has 1 aromatic carbocycles. The molecule has 2 heterocycles. The zero-order chi connectivity index (χ0) is 16.1. The molecule has 2 aromatic rings. The molecule has 0 saturated carbocycles. The average Bonchev–Trinajstić information content (AvgIpc) is 3.07. The maximum Gasteiger partial charge on any atom is 0.244 e. The Morgan fingerprint density at radius 2 is 2.17 bits per heavy atom. The topological polar surface area (TPSA) is 89.0 Å². The van der Waals surface area contributed by atoms with E-state index in [9.17, 15) is 4.79 Å². The van der Waals surface area contributed by atoms with Crippen LogP contribution in [0.4, 0.5) is 17.5 Å². The summed E-state index contributed by atoms with van der Waals surface area (Å²) in [5.41, 5.74) is 1.51. The molecule has 23 heavy (non-hydrogen) atoms. The molecule has 0 aliphatic carbocycles. The van der Waals surface area contributed by atoms with Gasteiger partial charge in [0.1, 0.15) is 0 Å². The normalized spacial score (nSPS) is 17.0. The molecule has 1 aliphatic heterocycles. The average molecular weight is 313 g/mol. The number of hydrogen-bond donors (Lipinski definition) is 2. The van der Waals surface area contributed by atoms with Crippen LogP contribution in [0.5, 0.6) is 0 Å². The minimum atomic E-state index is 0.0425. The van der Waals surface area contributed by atoms with Gasteiger partial charge in [0.05, 0.1) is 12.3 Å². The molecule has 2 N–H and O–H groups in total. The van der Waals surface area contributed by atoms with Crippen molar-refractivity contribution in [1.29, 1.82) is 0 Å². The van der Waals surface area contributed by atoms with Crippen molar-refractivity contribution in [3.63, 3.8) is 0 Å². The molecule has 1 aliphatic rings. The maximum atomic E-state index is 11.3. The van der Waals surface area contributed by atoms with Crippen LogP contribution < -0.4 is 10.6 Å². The Balaban J connectivity index is 1.61. The third-order valence-corrected chi connectivity index (χ3v) is 3.63. The minimum Gasteiger partial charge on any atom is -0.376 e. The van der Waals surface area contributed by atoms with E-state index in [-0.39, 0.29) is 11.9 Å². The lowest BCUT2D eigenvalue weighted by Gasteiger charge is -2.11. The van der Waals surface area contributed by atoms with E-state index in [1.165, 1.54) is 0 Å². The van der Waals surface area contributed by atoms with Crippen LogP contribution in [-0.2, 0) is 4.74 Å². The monoisotopic (exact) mass is 313 g/mol. The van der Waals surface area contributed by atoms with Crippen LogP contribution in [0, 0.1) is 0 Å². The second kappa shape index (κ2) is 7.15. The summed E-state index contributed by atoms with van der Waals surface area (Å²) in [4.78, 5) is 15.6. The molecule has 3 rings (SSSR count). The van der Waals surface area contributed by atoms with E-state index in [0.717, 1.165) is 25.1 Å². The molecular formula is C16H19N5O2. The smallest absolute Gasteiger partial charge is 0.244 e. The molecule has 1 aromatic heterocycles. The van der Waals surface area contributed by atoms with Gasteiger partial charge in [0.2, 0.25) is 5.95 Å². The van der Waals surface area contributed by atoms with Crippen molar-refractivity contribution >= 4 is 23.2 Å². The fourth-order valence-corrected chi connectivity index (χ4v) is 2.39. The molecule has 0 amide bonds. The highest BCUT2D eigenvalue weighted by molar-refractivity contribution is 5.94. The lowest BCUT2D eigenvalue weighted by Crippen LogP contribution is -2.20. The Bertz CT molecular complexity index is 668. The predicted octanol–water partition coefficient (Wildman–Crippen LogP) is 2.41. The third kappa shape index (κ3) is 4.23. The first-order valence-corrected chi connectivity index (χ1v) is 7.64. The summed E-state index contributed by atoms with van der Waals surface area (Å²) in [7, 11) is 0. The molecule has 1 saturated heterocycles. The van der Waals surface area contributed by atoms with Gasteiger partial charge in [-0.2, -0.15) is 10.1 Å². The number of rotatable bonds is 6. The number of benzene rings is 1. The minimum absolute atomic E-state index is 0.0425. The maximum absolute atomic E-state index is 11.3. The third-order valence-electron chi connectivity index (χ3n) is 3.63. The summed E-state index contributed by atoms with van der Waals surface area (Å²) in [6.45, 7) is 3.05. The van der Waals surface area contributed by atoms with Crippen LogP contribution in [0.25, 0.3) is 0 Å². The van der Waals surface area contributed by atoms with Crippen LogP contribution in [0.1, 0.15) is 30.1 Å². The Morgan fingerprint density at radius 1 is 1.35 bits per heavy atom. The number of hydrogen-bond acceptors (Lipinski definition) is 7. The van der Waals surface area contributed by atoms with E-state index >= 15 is 0 Å². The van der Waals surface area contributed by atoms with Gasteiger partial charge >= 0.3 is 0 Å². The quantitative estimate of drug-likeness (QED) is 0.792. The summed E-state index contributed by atoms with van der Waals surface area (Å²) >= 11 is 0. The number of carbonyl (C=O) groups is 1. The van der Waals surface area contributed by atoms with Crippen molar-refractivity contribution in [2.24, 2.45) is 0 Å². The van der Waals surface area contributed by atoms with Gasteiger partial charge in [-0.3, -0.25) is 4.79 Å². The van der Waals surface area contributed by atoms with E-state index in [2.05, 4.69) is 25.8 Å². The largest absolute Gasteiger partial charge is 0.376 e. The van der Waals surface area contributed by atoms with Crippen LogP contribution >= 0.6 is 0 Å². The highest BCUT2D eigenvalue weighted by atomic mass is 16.5. The molecule has 0 bridgehead atoms. The molecule has 1 fully saturated rings. The molecule has 7 heteroatoms. The van der Waals surface area contributed by atoms with E-state index in [1.54, 1.807) is 25.3 Å². The molecular weight excluding hydrogens is 294 g/mol. The van der Waals surface area contributed by atoms with Crippen molar-refractivity contribution in [2.75, 3.05) is 23.8 Å². The number of anilines is 3. The SMILES string of the molecule is CC(=O)c1ccc(Nc2cnnc(NCC3CCCO3)n2)cc1. The van der Waals surface area contributed by atoms with Crippen molar-refractivity contribution in [3.8, 4) is 0 Å². The molecule has 0 radical (unpaired) electrons. The predicted molar refractivity (Wildman–Crippen MR) is 87.0 cm³/mol. The van der Waals surface area contributed by atoms with Gasteiger partial charge in [0.15, 0.2) is 11.6 Å². The number of ketones is 1. The van der Waals surface area contributed by atoms with Gasteiger partial charge in [-0.1, -0.05) is 0 Å². The van der Waals surface area contributed by atoms with Crippen LogP contribution in [-0.4, -0.2) is 40.2 Å². The highest BCUT2D eigenvalue weighted by Gasteiger charge is 2.15. The first-order valence-electron chi connectivity index (χ1n) is 7.64. The van der Waals surface area contributed by atoms with E-state index < -0.39 is 0 Å². The molecule has 1 atom stereocenters. The summed E-state index contributed by atoms with van der Waals surface area (Å²) in [5, 5.41) is 14.2. The second-order valence-electron chi connectivity index (χ2n) is 5.44. The fourth-order valence-electron chi connectivity index (χ4n) is 2.39. The van der Waals surface area contributed by atoms with Crippen molar-refractivity contribution in [3.05, 3.63) is 36.0 Å². The molecule has 7 nitrogen and oxygen atoms in total. The number of nitrogens with one attached hydrogen (secondary N) is 2. The van der Waals surface area contributed by atoms with Crippen molar-refractivity contribution in [1.82, 2.24) is 15.2 Å². The number of nitrogens with zero attached hydrogens (tertiary/aromatic N) is 3. The number of ether oxygens (including phenoxy) is 1. The van der Waals surface area contributed by atoms with Crippen LogP contribution in [0.2, 0.25) is 0 Å². The van der Waals surface area contributed by atoms with Gasteiger partial charge < -0.3 is 15.4 Å². The second-order valence-corrected chi connectivity index (χ2v) is 5.44. The van der Waals surface area contributed by atoms with Crippen molar-refractivity contribution < 1.29 is 9.53 Å². The molecule has 120 valence electrons. The Morgan fingerprint density at radius 3 is 2.87 bits per heavy atom. The summed E-state index contributed by atoms with van der Waals surface area (Å²) in [5.74, 6) is 1.09. The lowest BCUT2D eigenvalue weighted by molar-refractivity contribution is 0.101. The number of carbonyl (C=O) groups excluding carboxylic acids is 1. The zero-order valence-electron chi connectivity index (χ0n) is 13.0. The first kappa shape index (κ1) is 15.4. The Labute approximate surface area is 134 Å². The van der Waals surface area contributed by atoms with Gasteiger partial charge in [-0.25, -0.2) is 0 Å². The highest BCUT2D eigenvalue weighted by Crippen LogP contribution is 2.16. The first-order chi connectivity index (χ1) is 11.2. The standard InChI is InChI=1S/C16H19N5O2/c1-11(22)12-4-6-13(7-5-12)19-15-10-18-21-16(20-15)17-9-14-3-2-8-23-14/h4-7,10,14H,2-3,8-9H2,1H3,(H2,17,19,20,21). The van der Waals surface area contributed by atoms with Gasteiger partial charge in [0, 0.05) is 24.4 Å². The summed E-state index contributed by atoms with van der Waals surface area (Å²) in [6.07, 6.45) is 3.93. The van der Waals surface area contributed by atoms with Gasteiger partial charge in [-0.05, 0) is 44.0 Å². The van der Waals surface area contributed by atoms with Gasteiger partial charge in [0.25, 0.3) is 0 Å².